The summed E-state index contributed by atoms with van der Waals surface area (Å²) in [6, 6.07) is 24.1. The maximum Gasteiger partial charge on any atom is 0.416 e. The molecular formula is C54H75F3N6O6S2. The number of nitrogens with zero attached hydrogens (tertiary/aromatic N) is 2. The van der Waals surface area contributed by atoms with Gasteiger partial charge in [0.05, 0.1) is 35.4 Å². The van der Waals surface area contributed by atoms with Gasteiger partial charge < -0.3 is 31.5 Å². The lowest BCUT2D eigenvalue weighted by Gasteiger charge is -2.44. The molecule has 0 spiro atoms. The van der Waals surface area contributed by atoms with Crippen LogP contribution in [-0.4, -0.2) is 91.0 Å². The molecule has 2 heterocycles. The van der Waals surface area contributed by atoms with Crippen LogP contribution < -0.4 is 21.7 Å². The number of ether oxygens (including phenoxy) is 1. The summed E-state index contributed by atoms with van der Waals surface area (Å²) in [6.45, 7) is 0.834. The summed E-state index contributed by atoms with van der Waals surface area (Å²) >= 11 is 3.62. The molecule has 390 valence electrons. The number of carbonyl (C=O) groups excluding carboxylic acids is 3. The van der Waals surface area contributed by atoms with Crippen LogP contribution in [0.3, 0.4) is 0 Å². The van der Waals surface area contributed by atoms with Crippen molar-refractivity contribution in [2.75, 3.05) is 28.2 Å². The number of aliphatic carboxylic acids is 1. The van der Waals surface area contributed by atoms with Crippen molar-refractivity contribution in [3.8, 4) is 0 Å². The first-order chi connectivity index (χ1) is 33.9. The van der Waals surface area contributed by atoms with Gasteiger partial charge in [-0.15, -0.1) is 22.7 Å². The second kappa shape index (κ2) is 28.0. The number of carboxylic acids is 1. The minimum atomic E-state index is -4.26. The number of hydrogen-bond acceptors (Lipinski definition) is 10. The van der Waals surface area contributed by atoms with Crippen molar-refractivity contribution in [2.45, 2.75) is 164 Å². The molecule has 3 fully saturated rings. The zero-order chi connectivity index (χ0) is 51.4. The highest BCUT2D eigenvalue weighted by Crippen LogP contribution is 2.44. The fraction of sp³-hybridized carbons (Fsp3) is 0.556. The van der Waals surface area contributed by atoms with Crippen LogP contribution in [0.5, 0.6) is 0 Å². The molecule has 0 bridgehead atoms. The average molecular weight is 1030 g/mol. The van der Waals surface area contributed by atoms with Gasteiger partial charge in [0, 0.05) is 54.1 Å². The highest BCUT2D eigenvalue weighted by Gasteiger charge is 2.41. The molecule has 0 aliphatic heterocycles. The summed E-state index contributed by atoms with van der Waals surface area (Å²) in [4.78, 5) is 55.0. The van der Waals surface area contributed by atoms with Crippen molar-refractivity contribution in [3.05, 3.63) is 116 Å². The van der Waals surface area contributed by atoms with Crippen LogP contribution in [0, 0.1) is 0 Å². The van der Waals surface area contributed by atoms with Crippen molar-refractivity contribution in [2.24, 2.45) is 5.73 Å². The zero-order valence-corrected chi connectivity index (χ0v) is 43.4. The number of nitrogens with two attached hydrogens (primary N) is 1. The third-order valence-corrected chi connectivity index (χ3v) is 16.4. The maximum absolute atomic E-state index is 12.6. The van der Waals surface area contributed by atoms with Crippen LogP contribution >= 0.6 is 22.7 Å². The number of halogens is 3. The Morgan fingerprint density at radius 3 is 1.55 bits per heavy atom. The number of hydrogen-bond donors (Lipinski definition) is 5. The Labute approximate surface area is 426 Å². The second-order valence-electron chi connectivity index (χ2n) is 19.4. The van der Waals surface area contributed by atoms with Gasteiger partial charge in [0.1, 0.15) is 0 Å². The smallest absolute Gasteiger partial charge is 0.416 e. The maximum atomic E-state index is 12.6. The molecule has 3 saturated carbocycles. The second-order valence-corrected chi connectivity index (χ2v) is 21.3. The first-order valence-corrected chi connectivity index (χ1v) is 26.7. The Kier molecular flexibility index (Phi) is 22.6. The monoisotopic (exact) mass is 1020 g/mol. The summed E-state index contributed by atoms with van der Waals surface area (Å²) in [5.41, 5.74) is 6.60. The largest absolute Gasteiger partial charge is 0.481 e. The zero-order valence-electron chi connectivity index (χ0n) is 41.8. The predicted molar refractivity (Wildman–Crippen MR) is 276 cm³/mol. The van der Waals surface area contributed by atoms with Crippen molar-refractivity contribution >= 4 is 46.4 Å². The first-order valence-electron chi connectivity index (χ1n) is 25.0. The summed E-state index contributed by atoms with van der Waals surface area (Å²) in [6.07, 6.45) is 8.93. The average Bonchev–Trinajstić information content (AvgIpc) is 4.18. The van der Waals surface area contributed by atoms with E-state index in [1.165, 1.54) is 21.9 Å². The molecule has 7 rings (SSSR count). The minimum Gasteiger partial charge on any atom is -0.481 e. The van der Waals surface area contributed by atoms with E-state index in [0.29, 0.717) is 44.3 Å². The van der Waals surface area contributed by atoms with Gasteiger partial charge in [-0.1, -0.05) is 54.6 Å². The minimum absolute atomic E-state index is 0.0207. The lowest BCUT2D eigenvalue weighted by atomic mass is 9.77. The highest BCUT2D eigenvalue weighted by molar-refractivity contribution is 7.10. The topological polar surface area (TPSA) is 166 Å². The molecule has 3 aliphatic carbocycles. The van der Waals surface area contributed by atoms with Gasteiger partial charge in [0.2, 0.25) is 17.7 Å². The third kappa shape index (κ3) is 17.5. The molecular weight excluding hydrogens is 950 g/mol. The van der Waals surface area contributed by atoms with Crippen LogP contribution in [0.1, 0.15) is 136 Å². The molecule has 6 N–H and O–H groups in total. The van der Waals surface area contributed by atoms with Crippen molar-refractivity contribution in [1.29, 1.82) is 0 Å². The van der Waals surface area contributed by atoms with Crippen LogP contribution in [0.15, 0.2) is 89.6 Å². The quantitative estimate of drug-likeness (QED) is 0.0615. The fourth-order valence-corrected chi connectivity index (χ4v) is 12.1. The van der Waals surface area contributed by atoms with Gasteiger partial charge >= 0.3 is 12.1 Å². The Balaban J connectivity index is 0.000000227. The lowest BCUT2D eigenvalue weighted by molar-refractivity contribution is -0.138. The molecule has 4 aromatic rings. The van der Waals surface area contributed by atoms with Gasteiger partial charge in [-0.3, -0.25) is 29.0 Å². The molecule has 0 saturated heterocycles. The number of nitrogens with one attached hydrogen (secondary N) is 3. The highest BCUT2D eigenvalue weighted by atomic mass is 32.1. The normalized spacial score (nSPS) is 23.2. The molecule has 3 amide bonds. The van der Waals surface area contributed by atoms with Crippen molar-refractivity contribution in [1.82, 2.24) is 25.8 Å². The number of carboxylic acid groups (broad SMARTS) is 1. The molecule has 3 aliphatic rings. The van der Waals surface area contributed by atoms with Crippen LogP contribution in [0.4, 0.5) is 13.2 Å². The molecule has 2 atom stereocenters. The van der Waals surface area contributed by atoms with Gasteiger partial charge in [0.15, 0.2) is 0 Å². The summed E-state index contributed by atoms with van der Waals surface area (Å²) in [5, 5.41) is 22.3. The number of rotatable bonds is 19. The number of alkyl halides is 3. The predicted octanol–water partition coefficient (Wildman–Crippen LogP) is 9.97. The molecule has 17 heteroatoms. The summed E-state index contributed by atoms with van der Waals surface area (Å²) in [5.74, 6) is -0.787. The standard InChI is InChI=1S/C29H41N3O3S.C17H26N2O3S.C8H8F3N/c1-32(2)29(26-13-8-20-36-26)18-16-23(17-19-29)30-27(33)14-7-15-28(34)31-24-11-6-12-25(24)35-21-22-9-4-3-5-10-22;1-19(2)17(14-5-4-12-23-14)10-8-13(9-11-17)18-15(20)6-3-7-16(21)22;9-8(10,11)7-3-1-6(5-12)2-4-7/h3-5,8-10,13,20,23-25H,6-7,11-12,14-19,21H2,1-2H3,(H,30,33)(H,31,34);4-5,12-13H,3,6-11H2,1-2H3,(H,18,20)(H,21,22);1-4H,5,12H2. The number of thiophene rings is 2. The molecule has 12 nitrogen and oxygen atoms in total. The van der Waals surface area contributed by atoms with Gasteiger partial charge in [0.25, 0.3) is 0 Å². The van der Waals surface area contributed by atoms with E-state index in [1.54, 1.807) is 11.3 Å². The third-order valence-electron chi connectivity index (χ3n) is 14.3. The number of amides is 3. The summed E-state index contributed by atoms with van der Waals surface area (Å²) < 4.78 is 42.1. The lowest BCUT2D eigenvalue weighted by Crippen LogP contribution is -2.48. The van der Waals surface area contributed by atoms with E-state index in [9.17, 15) is 32.3 Å². The number of carbonyl (C=O) groups is 4. The Morgan fingerprint density at radius 1 is 0.648 bits per heavy atom. The molecule has 2 unspecified atom stereocenters. The molecule has 0 radical (unpaired) electrons. The Bertz CT molecular complexity index is 2190. The summed E-state index contributed by atoms with van der Waals surface area (Å²) in [7, 11) is 8.58. The van der Waals surface area contributed by atoms with E-state index in [2.05, 4.69) is 101 Å². The van der Waals surface area contributed by atoms with Gasteiger partial charge in [-0.05, 0) is 158 Å². The van der Waals surface area contributed by atoms with E-state index < -0.39 is 17.7 Å². The number of benzene rings is 2. The van der Waals surface area contributed by atoms with Crippen LogP contribution in [0.2, 0.25) is 0 Å². The van der Waals surface area contributed by atoms with E-state index in [1.807, 2.05) is 29.5 Å². The van der Waals surface area contributed by atoms with E-state index in [-0.39, 0.29) is 66.0 Å². The SMILES string of the molecule is CN(C)C1(c2cccs2)CCC(NC(=O)CCCC(=O)NC2CCCC2OCc2ccccc2)CC1.CN(C)C1(c2cccs2)CCC(NC(=O)CCCC(=O)O)CC1.NCc1ccc(C(F)(F)F)cc1. The first kappa shape index (κ1) is 57.3. The molecule has 71 heavy (non-hydrogen) atoms. The molecule has 2 aromatic heterocycles. The molecule has 2 aromatic carbocycles. The van der Waals surface area contributed by atoms with Crippen LogP contribution in [0.25, 0.3) is 0 Å². The van der Waals surface area contributed by atoms with E-state index >= 15 is 0 Å². The van der Waals surface area contributed by atoms with E-state index in [0.717, 1.165) is 88.3 Å². The Hall–Kier alpha value is -4.65. The van der Waals surface area contributed by atoms with E-state index in [4.69, 9.17) is 15.6 Å². The Morgan fingerprint density at radius 2 is 1.13 bits per heavy atom. The van der Waals surface area contributed by atoms with Gasteiger partial charge in [-0.2, -0.15) is 13.2 Å². The fourth-order valence-electron chi connectivity index (χ4n) is 9.98. The van der Waals surface area contributed by atoms with Crippen LogP contribution in [-0.2, 0) is 54.3 Å². The van der Waals surface area contributed by atoms with Crippen molar-refractivity contribution < 1.29 is 42.2 Å². The van der Waals surface area contributed by atoms with Crippen molar-refractivity contribution in [3.63, 3.8) is 0 Å². The van der Waals surface area contributed by atoms with Gasteiger partial charge in [-0.25, -0.2) is 0 Å².